The summed E-state index contributed by atoms with van der Waals surface area (Å²) in [7, 11) is 0. The van der Waals surface area contributed by atoms with Crippen molar-refractivity contribution in [1.82, 2.24) is 20.6 Å². The molecule has 0 saturated heterocycles. The van der Waals surface area contributed by atoms with E-state index in [0.717, 1.165) is 28.8 Å². The van der Waals surface area contributed by atoms with Gasteiger partial charge in [-0.05, 0) is 40.8 Å². The van der Waals surface area contributed by atoms with Crippen molar-refractivity contribution in [1.29, 1.82) is 5.26 Å². The number of carbonyl (C=O) groups is 1. The molecule has 0 atom stereocenters. The Morgan fingerprint density at radius 2 is 1.89 bits per heavy atom. The number of H-pyrrole nitrogens is 1. The molecular weight excluding hydrogens is 352 g/mol. The van der Waals surface area contributed by atoms with E-state index in [2.05, 4.69) is 40.5 Å². The van der Waals surface area contributed by atoms with E-state index in [4.69, 9.17) is 5.26 Å². The third-order valence-electron chi connectivity index (χ3n) is 4.45. The van der Waals surface area contributed by atoms with Gasteiger partial charge in [-0.2, -0.15) is 10.5 Å². The van der Waals surface area contributed by atoms with Crippen LogP contribution in [0.2, 0.25) is 0 Å². The van der Waals surface area contributed by atoms with Crippen LogP contribution in [0.5, 0.6) is 0 Å². The van der Waals surface area contributed by atoms with Crippen molar-refractivity contribution in [2.45, 2.75) is 26.7 Å². The summed E-state index contributed by atoms with van der Waals surface area (Å²) in [5, 5.41) is 23.1. The number of carbonyl (C=O) groups excluding carboxylic acids is 1. The highest BCUT2D eigenvalue weighted by atomic mass is 16.2. The summed E-state index contributed by atoms with van der Waals surface area (Å²) in [6, 6.07) is 17.6. The molecule has 3 aromatic rings. The minimum Gasteiger partial charge on any atom is -0.299 e. The lowest BCUT2D eigenvalue weighted by Gasteiger charge is -2.21. The summed E-state index contributed by atoms with van der Waals surface area (Å²) in [5.74, 6) is 0.952. The second-order valence-corrected chi connectivity index (χ2v) is 6.93. The molecule has 0 fully saturated rings. The normalized spacial score (nSPS) is 10.6. The fraction of sp³-hybridized carbons (Fsp3) is 0.286. The van der Waals surface area contributed by atoms with E-state index in [-0.39, 0.29) is 12.5 Å². The van der Waals surface area contributed by atoms with Crippen LogP contribution in [0.15, 0.2) is 48.5 Å². The maximum Gasteiger partial charge on any atom is 0.227 e. The molecule has 1 amide bonds. The average Bonchev–Trinajstić information content (AvgIpc) is 3.25. The number of tetrazole rings is 1. The molecule has 3 rings (SSSR count). The number of rotatable bonds is 7. The van der Waals surface area contributed by atoms with E-state index in [1.54, 1.807) is 4.90 Å². The molecule has 0 radical (unpaired) electrons. The Labute approximate surface area is 164 Å². The van der Waals surface area contributed by atoms with Crippen LogP contribution in [-0.4, -0.2) is 33.1 Å². The van der Waals surface area contributed by atoms with Gasteiger partial charge in [-0.15, -0.1) is 10.2 Å². The van der Waals surface area contributed by atoms with Gasteiger partial charge in [0.1, 0.15) is 6.54 Å². The minimum absolute atomic E-state index is 0.0279. The first kappa shape index (κ1) is 19.2. The monoisotopic (exact) mass is 374 g/mol. The third-order valence-corrected chi connectivity index (χ3v) is 4.45. The number of aromatic nitrogens is 4. The molecule has 0 aliphatic rings. The molecule has 0 aliphatic carbocycles. The Morgan fingerprint density at radius 3 is 2.54 bits per heavy atom. The lowest BCUT2D eigenvalue weighted by atomic mass is 10.0. The van der Waals surface area contributed by atoms with Crippen molar-refractivity contribution in [3.8, 4) is 28.6 Å². The number of nitrogens with one attached hydrogen (secondary N) is 1. The van der Waals surface area contributed by atoms with E-state index < -0.39 is 0 Å². The molecule has 1 N–H and O–H groups in total. The first-order chi connectivity index (χ1) is 13.6. The van der Waals surface area contributed by atoms with Gasteiger partial charge in [-0.3, -0.25) is 9.69 Å². The second-order valence-electron chi connectivity index (χ2n) is 6.93. The molecule has 0 spiro atoms. The predicted molar refractivity (Wildman–Crippen MR) is 107 cm³/mol. The van der Waals surface area contributed by atoms with Crippen molar-refractivity contribution in [3.63, 3.8) is 0 Å². The standard InChI is InChI=1S/C21H22N6O/c1-15(2)6-11-20(28)27(13-12-22)19-5-3-4-18(14-19)16-7-9-17(10-8-16)21-23-25-26-24-21/h3-5,7-10,14-15H,6,11,13H2,1-2H3,(H,23,24,25,26). The molecule has 7 heteroatoms. The van der Waals surface area contributed by atoms with Gasteiger partial charge in [0, 0.05) is 17.7 Å². The summed E-state index contributed by atoms with van der Waals surface area (Å²) in [6.45, 7) is 4.21. The molecule has 0 bridgehead atoms. The van der Waals surface area contributed by atoms with Gasteiger partial charge < -0.3 is 0 Å². The lowest BCUT2D eigenvalue weighted by molar-refractivity contribution is -0.118. The first-order valence-electron chi connectivity index (χ1n) is 9.20. The van der Waals surface area contributed by atoms with E-state index in [9.17, 15) is 4.79 Å². The quantitative estimate of drug-likeness (QED) is 0.634. The number of hydrogen-bond acceptors (Lipinski definition) is 5. The van der Waals surface area contributed by atoms with Crippen LogP contribution in [0.3, 0.4) is 0 Å². The molecule has 1 aromatic heterocycles. The van der Waals surface area contributed by atoms with Gasteiger partial charge in [-0.1, -0.05) is 50.2 Å². The Balaban J connectivity index is 1.83. The number of hydrogen-bond donors (Lipinski definition) is 1. The fourth-order valence-electron chi connectivity index (χ4n) is 2.89. The summed E-state index contributed by atoms with van der Waals surface area (Å²) < 4.78 is 0. The Hall–Kier alpha value is -3.53. The highest BCUT2D eigenvalue weighted by molar-refractivity contribution is 5.94. The van der Waals surface area contributed by atoms with E-state index in [1.807, 2.05) is 48.5 Å². The second kappa shape index (κ2) is 8.91. The Bertz CT molecular complexity index is 957. The number of aromatic amines is 1. The molecule has 28 heavy (non-hydrogen) atoms. The van der Waals surface area contributed by atoms with Crippen LogP contribution >= 0.6 is 0 Å². The maximum atomic E-state index is 12.6. The van der Waals surface area contributed by atoms with Crippen LogP contribution in [0.25, 0.3) is 22.5 Å². The average molecular weight is 374 g/mol. The highest BCUT2D eigenvalue weighted by Crippen LogP contribution is 2.27. The zero-order valence-corrected chi connectivity index (χ0v) is 16.0. The maximum absolute atomic E-state index is 12.6. The molecule has 2 aromatic carbocycles. The zero-order valence-electron chi connectivity index (χ0n) is 16.0. The largest absolute Gasteiger partial charge is 0.299 e. The van der Waals surface area contributed by atoms with Crippen molar-refractivity contribution < 1.29 is 4.79 Å². The van der Waals surface area contributed by atoms with Crippen molar-refractivity contribution in [2.75, 3.05) is 11.4 Å². The van der Waals surface area contributed by atoms with Gasteiger partial charge in [0.25, 0.3) is 0 Å². The van der Waals surface area contributed by atoms with Crippen LogP contribution < -0.4 is 4.90 Å². The van der Waals surface area contributed by atoms with Crippen molar-refractivity contribution >= 4 is 11.6 Å². The number of anilines is 1. The molecule has 1 heterocycles. The molecule has 0 unspecified atom stereocenters. The summed E-state index contributed by atoms with van der Waals surface area (Å²) in [4.78, 5) is 14.2. The third kappa shape index (κ3) is 4.60. The summed E-state index contributed by atoms with van der Waals surface area (Å²) >= 11 is 0. The molecule has 0 saturated carbocycles. The van der Waals surface area contributed by atoms with Crippen LogP contribution in [0.4, 0.5) is 5.69 Å². The number of amides is 1. The van der Waals surface area contributed by atoms with E-state index >= 15 is 0 Å². The van der Waals surface area contributed by atoms with Gasteiger partial charge in [0.05, 0.1) is 6.07 Å². The van der Waals surface area contributed by atoms with Gasteiger partial charge >= 0.3 is 0 Å². The Kier molecular flexibility index (Phi) is 6.12. The lowest BCUT2D eigenvalue weighted by Crippen LogP contribution is -2.31. The first-order valence-corrected chi connectivity index (χ1v) is 9.20. The highest BCUT2D eigenvalue weighted by Gasteiger charge is 2.16. The molecule has 0 aliphatic heterocycles. The van der Waals surface area contributed by atoms with Crippen LogP contribution in [0.1, 0.15) is 26.7 Å². The van der Waals surface area contributed by atoms with Gasteiger partial charge in [0.2, 0.25) is 11.7 Å². The number of nitriles is 1. The summed E-state index contributed by atoms with van der Waals surface area (Å²) in [6.07, 6.45) is 1.24. The Morgan fingerprint density at radius 1 is 1.14 bits per heavy atom. The van der Waals surface area contributed by atoms with Crippen molar-refractivity contribution in [2.24, 2.45) is 5.92 Å². The van der Waals surface area contributed by atoms with E-state index in [0.29, 0.717) is 18.2 Å². The fourth-order valence-corrected chi connectivity index (χ4v) is 2.89. The number of nitrogens with zero attached hydrogens (tertiary/aromatic N) is 5. The minimum atomic E-state index is -0.0279. The van der Waals surface area contributed by atoms with Gasteiger partial charge in [0.15, 0.2) is 0 Å². The zero-order chi connectivity index (χ0) is 19.9. The molecular formula is C21H22N6O. The van der Waals surface area contributed by atoms with Crippen LogP contribution in [0, 0.1) is 17.2 Å². The van der Waals surface area contributed by atoms with Crippen LogP contribution in [-0.2, 0) is 4.79 Å². The van der Waals surface area contributed by atoms with E-state index in [1.165, 1.54) is 0 Å². The smallest absolute Gasteiger partial charge is 0.227 e. The molecule has 142 valence electrons. The summed E-state index contributed by atoms with van der Waals surface area (Å²) in [5.41, 5.74) is 3.57. The van der Waals surface area contributed by atoms with Gasteiger partial charge in [-0.25, -0.2) is 0 Å². The number of benzene rings is 2. The topological polar surface area (TPSA) is 98.6 Å². The van der Waals surface area contributed by atoms with Crippen molar-refractivity contribution in [3.05, 3.63) is 48.5 Å². The predicted octanol–water partition coefficient (Wildman–Crippen LogP) is 3.83. The molecule has 7 nitrogen and oxygen atoms in total. The SMILES string of the molecule is CC(C)CCC(=O)N(CC#N)c1cccc(-c2ccc(-c3nn[nH]n3)cc2)c1.